The summed E-state index contributed by atoms with van der Waals surface area (Å²) in [6.07, 6.45) is -0.101. The molecule has 25 heavy (non-hydrogen) atoms. The van der Waals surface area contributed by atoms with E-state index in [2.05, 4.69) is 0 Å². The molecule has 0 heterocycles. The predicted molar refractivity (Wildman–Crippen MR) is 101 cm³/mol. The first-order chi connectivity index (χ1) is 12.1. The van der Waals surface area contributed by atoms with Crippen LogP contribution in [0, 0.1) is 0 Å². The van der Waals surface area contributed by atoms with Crippen molar-refractivity contribution >= 4 is 35.0 Å². The molecule has 2 aromatic rings. The van der Waals surface area contributed by atoms with Crippen LogP contribution in [0.5, 0.6) is 11.5 Å². The van der Waals surface area contributed by atoms with Crippen molar-refractivity contribution in [3.8, 4) is 11.5 Å². The summed E-state index contributed by atoms with van der Waals surface area (Å²) in [5.41, 5.74) is 0. The second kappa shape index (κ2) is 10.8. The van der Waals surface area contributed by atoms with Gasteiger partial charge in [0.25, 0.3) is 0 Å². The van der Waals surface area contributed by atoms with E-state index in [-0.39, 0.29) is 19.1 Å². The lowest BCUT2D eigenvalue weighted by atomic mass is 10.3. The van der Waals surface area contributed by atoms with Crippen LogP contribution in [-0.4, -0.2) is 42.0 Å². The Balaban J connectivity index is 1.92. The minimum Gasteiger partial charge on any atom is -0.494 e. The lowest BCUT2D eigenvalue weighted by Gasteiger charge is -2.12. The Labute approximate surface area is 161 Å². The van der Waals surface area contributed by atoms with Gasteiger partial charge in [-0.15, -0.1) is 11.6 Å². The number of halogens is 2. The van der Waals surface area contributed by atoms with Crippen LogP contribution >= 0.6 is 35.0 Å². The van der Waals surface area contributed by atoms with E-state index in [9.17, 15) is 5.11 Å². The Morgan fingerprint density at radius 3 is 2.40 bits per heavy atom. The van der Waals surface area contributed by atoms with Gasteiger partial charge in [-0.2, -0.15) is 0 Å². The normalized spacial score (nSPS) is 12.0. The van der Waals surface area contributed by atoms with Crippen LogP contribution in [0.3, 0.4) is 0 Å². The number of aliphatic hydroxyl groups excluding tert-OH is 2. The van der Waals surface area contributed by atoms with Crippen molar-refractivity contribution < 1.29 is 19.7 Å². The molecule has 1 unspecified atom stereocenters. The van der Waals surface area contributed by atoms with Gasteiger partial charge in [-0.25, -0.2) is 0 Å². The zero-order valence-electron chi connectivity index (χ0n) is 13.5. The fourth-order valence-corrected chi connectivity index (χ4v) is 3.13. The minimum atomic E-state index is -0.718. The molecule has 2 N–H and O–H groups in total. The molecule has 0 bridgehead atoms. The molecule has 0 spiro atoms. The first-order valence-corrected chi connectivity index (χ1v) is 9.53. The monoisotopic (exact) mass is 402 g/mol. The number of benzene rings is 2. The third kappa shape index (κ3) is 6.96. The second-order valence-corrected chi connectivity index (χ2v) is 7.07. The Bertz CT molecular complexity index is 652. The molecule has 0 fully saturated rings. The number of rotatable bonds is 10. The summed E-state index contributed by atoms with van der Waals surface area (Å²) in [7, 11) is 0. The van der Waals surface area contributed by atoms with Crippen LogP contribution in [0.2, 0.25) is 5.02 Å². The number of hydrogen-bond donors (Lipinski definition) is 2. The van der Waals surface area contributed by atoms with E-state index in [1.54, 1.807) is 17.8 Å². The number of hydrogen-bond acceptors (Lipinski definition) is 5. The van der Waals surface area contributed by atoms with Crippen molar-refractivity contribution in [2.24, 2.45) is 0 Å². The van der Waals surface area contributed by atoms with Crippen LogP contribution in [0.15, 0.2) is 52.3 Å². The maximum Gasteiger partial charge on any atom is 0.138 e. The largest absolute Gasteiger partial charge is 0.494 e. The Morgan fingerprint density at radius 1 is 1.04 bits per heavy atom. The molecule has 1 atom stereocenters. The van der Waals surface area contributed by atoms with Crippen LogP contribution in [0.4, 0.5) is 0 Å². The fraction of sp³-hybridized carbons (Fsp3) is 0.333. The Morgan fingerprint density at radius 2 is 1.76 bits per heavy atom. The van der Waals surface area contributed by atoms with Crippen LogP contribution in [-0.2, 0) is 0 Å². The van der Waals surface area contributed by atoms with Crippen LogP contribution in [0.1, 0.15) is 6.42 Å². The van der Waals surface area contributed by atoms with Gasteiger partial charge in [-0.1, -0.05) is 23.4 Å². The maximum absolute atomic E-state index is 9.42. The van der Waals surface area contributed by atoms with Crippen molar-refractivity contribution in [3.05, 3.63) is 47.5 Å². The second-order valence-electron chi connectivity index (χ2n) is 5.21. The summed E-state index contributed by atoms with van der Waals surface area (Å²) in [5, 5.41) is 18.7. The molecule has 0 radical (unpaired) electrons. The predicted octanol–water partition coefficient (Wildman–Crippen LogP) is 4.23. The third-order valence-corrected chi connectivity index (χ3v) is 4.79. The van der Waals surface area contributed by atoms with Crippen molar-refractivity contribution in [2.75, 3.05) is 25.7 Å². The van der Waals surface area contributed by atoms with Gasteiger partial charge in [0.05, 0.1) is 17.5 Å². The summed E-state index contributed by atoms with van der Waals surface area (Å²) in [4.78, 5) is 2.03. The molecular formula is C18H20Cl2O4S. The van der Waals surface area contributed by atoms with Crippen LogP contribution in [0.25, 0.3) is 0 Å². The van der Waals surface area contributed by atoms with Gasteiger partial charge >= 0.3 is 0 Å². The Kier molecular flexibility index (Phi) is 8.72. The number of aliphatic hydroxyl groups is 2. The molecule has 0 amide bonds. The summed E-state index contributed by atoms with van der Waals surface area (Å²) >= 11 is 13.3. The van der Waals surface area contributed by atoms with E-state index < -0.39 is 6.10 Å². The van der Waals surface area contributed by atoms with Gasteiger partial charge in [-0.3, -0.25) is 0 Å². The van der Waals surface area contributed by atoms with E-state index in [0.29, 0.717) is 23.8 Å². The first-order valence-electron chi connectivity index (χ1n) is 7.80. The molecule has 2 aromatic carbocycles. The highest BCUT2D eigenvalue weighted by Gasteiger charge is 2.08. The van der Waals surface area contributed by atoms with Crippen LogP contribution < -0.4 is 9.47 Å². The molecule has 136 valence electrons. The van der Waals surface area contributed by atoms with Gasteiger partial charge in [0.2, 0.25) is 0 Å². The quantitative estimate of drug-likeness (QED) is 0.459. The van der Waals surface area contributed by atoms with E-state index in [4.69, 9.17) is 37.8 Å². The standard InChI is InChI=1S/C18H20Cl2O4S/c19-11-13(22)12-24-18-7-6-16(10-17(18)20)25-15-4-2-14(3-5-15)23-9-1-8-21/h2-7,10,13,21-22H,1,8-9,11-12H2. The lowest BCUT2D eigenvalue weighted by Crippen LogP contribution is -2.18. The maximum atomic E-state index is 9.42. The van der Waals surface area contributed by atoms with E-state index in [0.717, 1.165) is 15.5 Å². The summed E-state index contributed by atoms with van der Waals surface area (Å²) in [6.45, 7) is 0.727. The van der Waals surface area contributed by atoms with Crippen molar-refractivity contribution in [1.29, 1.82) is 0 Å². The molecule has 0 aliphatic heterocycles. The molecule has 4 nitrogen and oxygen atoms in total. The molecule has 0 aliphatic rings. The van der Waals surface area contributed by atoms with E-state index in [1.165, 1.54) is 0 Å². The van der Waals surface area contributed by atoms with Gasteiger partial charge in [0, 0.05) is 22.8 Å². The van der Waals surface area contributed by atoms with E-state index in [1.807, 2.05) is 36.4 Å². The summed E-state index contributed by atoms with van der Waals surface area (Å²) in [6, 6.07) is 13.2. The summed E-state index contributed by atoms with van der Waals surface area (Å²) in [5.74, 6) is 1.41. The third-order valence-electron chi connectivity index (χ3n) is 3.14. The summed E-state index contributed by atoms with van der Waals surface area (Å²) < 4.78 is 11.0. The number of ether oxygens (including phenoxy) is 2. The van der Waals surface area contributed by atoms with Gasteiger partial charge < -0.3 is 19.7 Å². The topological polar surface area (TPSA) is 58.9 Å². The fourth-order valence-electron chi connectivity index (χ4n) is 1.89. The molecule has 0 aliphatic carbocycles. The highest BCUT2D eigenvalue weighted by Crippen LogP contribution is 2.34. The molecule has 0 saturated carbocycles. The molecule has 0 aromatic heterocycles. The van der Waals surface area contributed by atoms with Crippen molar-refractivity contribution in [3.63, 3.8) is 0 Å². The average molecular weight is 403 g/mol. The molecule has 2 rings (SSSR count). The van der Waals surface area contributed by atoms with E-state index >= 15 is 0 Å². The Hall–Kier alpha value is -1.11. The van der Waals surface area contributed by atoms with Gasteiger partial charge in [0.15, 0.2) is 0 Å². The van der Waals surface area contributed by atoms with Gasteiger partial charge in [-0.05, 0) is 42.5 Å². The SMILES string of the molecule is OCCCOc1ccc(Sc2ccc(OCC(O)CCl)c(Cl)c2)cc1. The average Bonchev–Trinajstić information content (AvgIpc) is 2.62. The first kappa shape index (κ1) is 20.2. The highest BCUT2D eigenvalue weighted by molar-refractivity contribution is 7.99. The molecule has 0 saturated heterocycles. The highest BCUT2D eigenvalue weighted by atomic mass is 35.5. The van der Waals surface area contributed by atoms with Crippen molar-refractivity contribution in [1.82, 2.24) is 0 Å². The zero-order chi connectivity index (χ0) is 18.1. The minimum absolute atomic E-state index is 0.105. The zero-order valence-corrected chi connectivity index (χ0v) is 15.9. The molecular weight excluding hydrogens is 383 g/mol. The number of alkyl halides is 1. The smallest absolute Gasteiger partial charge is 0.138 e. The molecule has 7 heteroatoms. The lowest BCUT2D eigenvalue weighted by molar-refractivity contribution is 0.125. The van der Waals surface area contributed by atoms with Crippen molar-refractivity contribution in [2.45, 2.75) is 22.3 Å². The van der Waals surface area contributed by atoms with Gasteiger partial charge in [0.1, 0.15) is 24.2 Å².